The molecule has 1 aromatic rings. The summed E-state index contributed by atoms with van der Waals surface area (Å²) in [5.74, 6) is -0.952. The van der Waals surface area contributed by atoms with E-state index in [0.29, 0.717) is 12.8 Å². The van der Waals surface area contributed by atoms with Crippen LogP contribution in [0, 0.1) is 5.82 Å². The molecule has 20 heavy (non-hydrogen) atoms. The molecule has 4 nitrogen and oxygen atoms in total. The largest absolute Gasteiger partial charge is 0.391 e. The van der Waals surface area contributed by atoms with Crippen LogP contribution in [0.2, 0.25) is 5.02 Å². The Hall–Kier alpha value is -0.690. The average molecular weight is 322 g/mol. The first-order chi connectivity index (χ1) is 9.35. The predicted octanol–water partition coefficient (Wildman–Crippen LogP) is 2.40. The van der Waals surface area contributed by atoms with Crippen LogP contribution in [0.25, 0.3) is 0 Å². The molecule has 0 heterocycles. The average Bonchev–Trinajstić information content (AvgIpc) is 2.41. The van der Waals surface area contributed by atoms with Gasteiger partial charge >= 0.3 is 0 Å². The van der Waals surface area contributed by atoms with Crippen LogP contribution in [0.1, 0.15) is 25.7 Å². The molecule has 1 N–H and O–H groups in total. The minimum Gasteiger partial charge on any atom is -0.391 e. The molecule has 2 atom stereocenters. The Morgan fingerprint density at radius 1 is 1.35 bits per heavy atom. The first-order valence-corrected chi connectivity index (χ1v) is 8.27. The lowest BCUT2D eigenvalue weighted by atomic mass is 9.93. The third-order valence-corrected chi connectivity index (χ3v) is 5.93. The summed E-state index contributed by atoms with van der Waals surface area (Å²) in [6.07, 6.45) is 2.13. The first kappa shape index (κ1) is 15.7. The summed E-state index contributed by atoms with van der Waals surface area (Å²) in [7, 11) is -2.64. The molecule has 0 aromatic heterocycles. The Kier molecular flexibility index (Phi) is 4.69. The molecule has 1 saturated carbocycles. The Morgan fingerprint density at radius 2 is 2.00 bits per heavy atom. The second kappa shape index (κ2) is 5.97. The first-order valence-electron chi connectivity index (χ1n) is 6.46. The van der Waals surface area contributed by atoms with Crippen molar-refractivity contribution in [3.8, 4) is 0 Å². The van der Waals surface area contributed by atoms with E-state index in [-0.39, 0.29) is 5.02 Å². The number of likely N-dealkylation sites (N-methyl/N-ethyl adjacent to an activating group) is 1. The van der Waals surface area contributed by atoms with Gasteiger partial charge in [-0.3, -0.25) is 0 Å². The monoisotopic (exact) mass is 321 g/mol. The molecule has 0 aliphatic heterocycles. The molecule has 2 unspecified atom stereocenters. The van der Waals surface area contributed by atoms with Crippen molar-refractivity contribution in [2.45, 2.75) is 42.7 Å². The summed E-state index contributed by atoms with van der Waals surface area (Å²) in [4.78, 5) is -0.453. The number of rotatable bonds is 3. The van der Waals surface area contributed by atoms with E-state index in [4.69, 9.17) is 11.6 Å². The van der Waals surface area contributed by atoms with Crippen LogP contribution >= 0.6 is 11.6 Å². The van der Waals surface area contributed by atoms with Gasteiger partial charge in [0.15, 0.2) is 5.82 Å². The molecule has 0 radical (unpaired) electrons. The van der Waals surface area contributed by atoms with E-state index in [1.807, 2.05) is 0 Å². The van der Waals surface area contributed by atoms with E-state index in [0.717, 1.165) is 17.1 Å². The molecule has 1 fully saturated rings. The summed E-state index contributed by atoms with van der Waals surface area (Å²) < 4.78 is 39.9. The van der Waals surface area contributed by atoms with Gasteiger partial charge in [-0.1, -0.05) is 30.5 Å². The van der Waals surface area contributed by atoms with E-state index in [1.54, 1.807) is 0 Å². The van der Waals surface area contributed by atoms with Gasteiger partial charge < -0.3 is 5.11 Å². The lowest BCUT2D eigenvalue weighted by Gasteiger charge is -2.34. The van der Waals surface area contributed by atoms with E-state index >= 15 is 0 Å². The SMILES string of the molecule is CN(C1CCCCC1O)S(=O)(=O)c1cccc(Cl)c1F. The second-order valence-corrected chi connectivity index (χ2v) is 7.37. The molecule has 0 spiro atoms. The van der Waals surface area contributed by atoms with Crippen LogP contribution in [0.15, 0.2) is 23.1 Å². The number of benzene rings is 1. The van der Waals surface area contributed by atoms with Gasteiger partial charge in [-0.25, -0.2) is 12.8 Å². The van der Waals surface area contributed by atoms with Crippen LogP contribution in [-0.4, -0.2) is 37.0 Å². The maximum absolute atomic E-state index is 13.9. The van der Waals surface area contributed by atoms with Crippen molar-refractivity contribution in [2.24, 2.45) is 0 Å². The smallest absolute Gasteiger partial charge is 0.246 e. The van der Waals surface area contributed by atoms with Gasteiger partial charge in [-0.15, -0.1) is 0 Å². The number of sulfonamides is 1. The quantitative estimate of drug-likeness (QED) is 0.930. The topological polar surface area (TPSA) is 57.6 Å². The number of aliphatic hydroxyl groups is 1. The Labute approximate surface area is 123 Å². The highest BCUT2D eigenvalue weighted by atomic mass is 35.5. The molecule has 1 aliphatic rings. The molecular formula is C13H17ClFNO3S. The molecular weight excluding hydrogens is 305 g/mol. The normalized spacial score (nSPS) is 24.1. The highest BCUT2D eigenvalue weighted by Gasteiger charge is 2.35. The van der Waals surface area contributed by atoms with Gasteiger partial charge in [0.25, 0.3) is 0 Å². The van der Waals surface area contributed by atoms with Crippen LogP contribution in [0.5, 0.6) is 0 Å². The fourth-order valence-electron chi connectivity index (χ4n) is 2.53. The van der Waals surface area contributed by atoms with Gasteiger partial charge in [0.05, 0.1) is 17.2 Å². The summed E-state index contributed by atoms with van der Waals surface area (Å²) in [5, 5.41) is 9.71. The van der Waals surface area contributed by atoms with Crippen molar-refractivity contribution in [3.63, 3.8) is 0 Å². The van der Waals surface area contributed by atoms with Crippen molar-refractivity contribution in [1.82, 2.24) is 4.31 Å². The maximum atomic E-state index is 13.9. The zero-order chi connectivity index (χ0) is 14.9. The Bertz CT molecular complexity index is 593. The summed E-state index contributed by atoms with van der Waals surface area (Å²) in [6.45, 7) is 0. The van der Waals surface area contributed by atoms with Gasteiger partial charge in [-0.2, -0.15) is 4.31 Å². The van der Waals surface area contributed by atoms with Crippen LogP contribution < -0.4 is 0 Å². The van der Waals surface area contributed by atoms with Crippen molar-refractivity contribution in [2.75, 3.05) is 7.05 Å². The predicted molar refractivity (Wildman–Crippen MR) is 74.6 cm³/mol. The molecule has 1 aromatic carbocycles. The van der Waals surface area contributed by atoms with Crippen molar-refractivity contribution < 1.29 is 17.9 Å². The summed E-state index contributed by atoms with van der Waals surface area (Å²) >= 11 is 5.63. The van der Waals surface area contributed by atoms with Crippen LogP contribution in [-0.2, 0) is 10.0 Å². The molecule has 7 heteroatoms. The minimum absolute atomic E-state index is 0.233. The number of hydrogen-bond donors (Lipinski definition) is 1. The lowest BCUT2D eigenvalue weighted by molar-refractivity contribution is 0.0637. The minimum atomic E-state index is -4.01. The fourth-order valence-corrected chi connectivity index (χ4v) is 4.26. The number of halogens is 2. The van der Waals surface area contributed by atoms with Crippen molar-refractivity contribution >= 4 is 21.6 Å². The van der Waals surface area contributed by atoms with E-state index in [1.165, 1.54) is 25.2 Å². The molecule has 2 rings (SSSR count). The summed E-state index contributed by atoms with van der Waals surface area (Å²) in [6, 6.07) is 3.35. The molecule has 112 valence electrons. The van der Waals surface area contributed by atoms with Crippen molar-refractivity contribution in [1.29, 1.82) is 0 Å². The fraction of sp³-hybridized carbons (Fsp3) is 0.538. The number of nitrogens with zero attached hydrogens (tertiary/aromatic N) is 1. The Balaban J connectivity index is 2.36. The number of aliphatic hydroxyl groups excluding tert-OH is 1. The van der Waals surface area contributed by atoms with Gasteiger partial charge in [-0.05, 0) is 25.0 Å². The molecule has 0 saturated heterocycles. The molecule has 0 amide bonds. The third-order valence-electron chi connectivity index (χ3n) is 3.73. The highest BCUT2D eigenvalue weighted by Crippen LogP contribution is 2.29. The van der Waals surface area contributed by atoms with Crippen LogP contribution in [0.4, 0.5) is 4.39 Å². The number of hydrogen-bond acceptors (Lipinski definition) is 3. The zero-order valence-electron chi connectivity index (χ0n) is 11.1. The second-order valence-electron chi connectivity index (χ2n) is 4.99. The standard InChI is InChI=1S/C13H17ClFNO3S/c1-16(10-6-2-3-7-11(10)17)20(18,19)12-8-4-5-9(14)13(12)15/h4-5,8,10-11,17H,2-3,6-7H2,1H3. The Morgan fingerprint density at radius 3 is 2.65 bits per heavy atom. The van der Waals surface area contributed by atoms with Gasteiger partial charge in [0, 0.05) is 7.05 Å². The third kappa shape index (κ3) is 2.83. The van der Waals surface area contributed by atoms with E-state index < -0.39 is 32.9 Å². The zero-order valence-corrected chi connectivity index (χ0v) is 12.7. The van der Waals surface area contributed by atoms with E-state index in [2.05, 4.69) is 0 Å². The molecule has 1 aliphatic carbocycles. The lowest BCUT2D eigenvalue weighted by Crippen LogP contribution is -2.46. The summed E-state index contributed by atoms with van der Waals surface area (Å²) in [5.41, 5.74) is 0. The van der Waals surface area contributed by atoms with Gasteiger partial charge in [0.2, 0.25) is 10.0 Å². The van der Waals surface area contributed by atoms with Gasteiger partial charge in [0.1, 0.15) is 4.90 Å². The maximum Gasteiger partial charge on any atom is 0.246 e. The van der Waals surface area contributed by atoms with Crippen molar-refractivity contribution in [3.05, 3.63) is 29.0 Å². The van der Waals surface area contributed by atoms with E-state index in [9.17, 15) is 17.9 Å². The molecule has 0 bridgehead atoms. The highest BCUT2D eigenvalue weighted by molar-refractivity contribution is 7.89. The van der Waals surface area contributed by atoms with Crippen LogP contribution in [0.3, 0.4) is 0 Å².